The van der Waals surface area contributed by atoms with E-state index in [9.17, 15) is 0 Å². The van der Waals surface area contributed by atoms with Crippen LogP contribution in [0.2, 0.25) is 0 Å². The molecule has 15 heavy (non-hydrogen) atoms. The summed E-state index contributed by atoms with van der Waals surface area (Å²) in [6.07, 6.45) is 0. The van der Waals surface area contributed by atoms with Crippen molar-refractivity contribution >= 4 is 0 Å². The number of rotatable bonds is 3. The average molecular weight is 207 g/mol. The van der Waals surface area contributed by atoms with Gasteiger partial charge < -0.3 is 14.8 Å². The molecular formula is C12H17NO2. The summed E-state index contributed by atoms with van der Waals surface area (Å²) in [5.41, 5.74) is 2.62. The van der Waals surface area contributed by atoms with Crippen LogP contribution < -0.4 is 14.8 Å². The Morgan fingerprint density at radius 2 is 1.93 bits per heavy atom. The Bertz CT molecular complexity index is 361. The van der Waals surface area contributed by atoms with Crippen LogP contribution in [0, 0.1) is 0 Å². The smallest absolute Gasteiger partial charge is 0.231 e. The van der Waals surface area contributed by atoms with Crippen molar-refractivity contribution in [3.8, 4) is 11.5 Å². The summed E-state index contributed by atoms with van der Waals surface area (Å²) in [5.74, 6) is 2.24. The molecule has 0 aromatic heterocycles. The third-order valence-electron chi connectivity index (χ3n) is 2.62. The minimum absolute atomic E-state index is 0.343. The molecule has 0 saturated carbocycles. The van der Waals surface area contributed by atoms with Crippen LogP contribution in [0.15, 0.2) is 12.1 Å². The standard InChI is InChI=1S/C12H17NO2/c1-8(2)10-5-12-11(14-7-15-12)4-9(10)6-13-3/h4-5,8,13H,6-7H2,1-3H3. The lowest BCUT2D eigenvalue weighted by atomic mass is 9.96. The molecule has 82 valence electrons. The van der Waals surface area contributed by atoms with Gasteiger partial charge in [0.1, 0.15) is 0 Å². The molecule has 3 heteroatoms. The fraction of sp³-hybridized carbons (Fsp3) is 0.500. The number of fused-ring (bicyclic) bond motifs is 1. The van der Waals surface area contributed by atoms with Crippen LogP contribution in [0.5, 0.6) is 11.5 Å². The van der Waals surface area contributed by atoms with E-state index >= 15 is 0 Å². The first-order chi connectivity index (χ1) is 7.22. The number of nitrogens with one attached hydrogen (secondary N) is 1. The highest BCUT2D eigenvalue weighted by Crippen LogP contribution is 2.37. The summed E-state index contributed by atoms with van der Waals surface area (Å²) in [7, 11) is 1.95. The SMILES string of the molecule is CNCc1cc2c(cc1C(C)C)OCO2. The summed E-state index contributed by atoms with van der Waals surface area (Å²) in [4.78, 5) is 0. The van der Waals surface area contributed by atoms with E-state index in [1.54, 1.807) is 0 Å². The van der Waals surface area contributed by atoms with Gasteiger partial charge in [-0.25, -0.2) is 0 Å². The average Bonchev–Trinajstić information content (AvgIpc) is 2.63. The highest BCUT2D eigenvalue weighted by Gasteiger charge is 2.17. The maximum Gasteiger partial charge on any atom is 0.231 e. The first kappa shape index (κ1) is 10.3. The number of hydrogen-bond acceptors (Lipinski definition) is 3. The molecule has 2 rings (SSSR count). The van der Waals surface area contributed by atoms with Gasteiger partial charge in [0.25, 0.3) is 0 Å². The Morgan fingerprint density at radius 1 is 1.27 bits per heavy atom. The Morgan fingerprint density at radius 3 is 2.53 bits per heavy atom. The van der Waals surface area contributed by atoms with E-state index in [1.807, 2.05) is 7.05 Å². The van der Waals surface area contributed by atoms with E-state index in [-0.39, 0.29) is 0 Å². The maximum absolute atomic E-state index is 5.38. The van der Waals surface area contributed by atoms with Crippen LogP contribution in [0.1, 0.15) is 30.9 Å². The van der Waals surface area contributed by atoms with Crippen LogP contribution in [-0.4, -0.2) is 13.8 Å². The second-order valence-corrected chi connectivity index (χ2v) is 4.09. The lowest BCUT2D eigenvalue weighted by molar-refractivity contribution is 0.174. The van der Waals surface area contributed by atoms with Gasteiger partial charge in [-0.05, 0) is 36.2 Å². The van der Waals surface area contributed by atoms with Crippen LogP contribution in [-0.2, 0) is 6.54 Å². The van der Waals surface area contributed by atoms with Crippen LogP contribution in [0.25, 0.3) is 0 Å². The van der Waals surface area contributed by atoms with Crippen molar-refractivity contribution in [2.24, 2.45) is 0 Å². The fourth-order valence-corrected chi connectivity index (χ4v) is 1.88. The van der Waals surface area contributed by atoms with E-state index < -0.39 is 0 Å². The summed E-state index contributed by atoms with van der Waals surface area (Å²) in [5, 5.41) is 3.17. The molecule has 0 atom stereocenters. The second kappa shape index (κ2) is 4.11. The molecule has 0 bridgehead atoms. The third-order valence-corrected chi connectivity index (χ3v) is 2.62. The lowest BCUT2D eigenvalue weighted by Gasteiger charge is -2.13. The molecule has 0 spiro atoms. The molecule has 1 aliphatic rings. The molecular weight excluding hydrogens is 190 g/mol. The largest absolute Gasteiger partial charge is 0.454 e. The lowest BCUT2D eigenvalue weighted by Crippen LogP contribution is -2.08. The van der Waals surface area contributed by atoms with Crippen molar-refractivity contribution in [2.45, 2.75) is 26.3 Å². The molecule has 1 N–H and O–H groups in total. The van der Waals surface area contributed by atoms with Crippen molar-refractivity contribution in [3.63, 3.8) is 0 Å². The van der Waals surface area contributed by atoms with Crippen molar-refractivity contribution in [1.82, 2.24) is 5.32 Å². The Balaban J connectivity index is 2.42. The van der Waals surface area contributed by atoms with Gasteiger partial charge in [0.05, 0.1) is 0 Å². The van der Waals surface area contributed by atoms with Crippen LogP contribution >= 0.6 is 0 Å². The van der Waals surface area contributed by atoms with E-state index in [0.717, 1.165) is 18.0 Å². The quantitative estimate of drug-likeness (QED) is 0.824. The molecule has 0 aliphatic carbocycles. The predicted octanol–water partition coefficient (Wildman–Crippen LogP) is 2.26. The third kappa shape index (κ3) is 1.92. The Kier molecular flexibility index (Phi) is 2.82. The number of hydrogen-bond donors (Lipinski definition) is 1. The minimum atomic E-state index is 0.343. The molecule has 0 amide bonds. The first-order valence-corrected chi connectivity index (χ1v) is 5.29. The van der Waals surface area contributed by atoms with E-state index in [0.29, 0.717) is 12.7 Å². The van der Waals surface area contributed by atoms with Gasteiger partial charge in [-0.3, -0.25) is 0 Å². The van der Waals surface area contributed by atoms with Gasteiger partial charge in [-0.2, -0.15) is 0 Å². The molecule has 1 aliphatic heterocycles. The highest BCUT2D eigenvalue weighted by atomic mass is 16.7. The normalized spacial score (nSPS) is 13.6. The van der Waals surface area contributed by atoms with Gasteiger partial charge in [0.2, 0.25) is 6.79 Å². The minimum Gasteiger partial charge on any atom is -0.454 e. The number of benzene rings is 1. The molecule has 1 aromatic carbocycles. The molecule has 0 unspecified atom stereocenters. The molecule has 1 heterocycles. The Labute approximate surface area is 90.4 Å². The van der Waals surface area contributed by atoms with Gasteiger partial charge in [-0.15, -0.1) is 0 Å². The Hall–Kier alpha value is -1.22. The van der Waals surface area contributed by atoms with Crippen molar-refractivity contribution in [3.05, 3.63) is 23.3 Å². The molecule has 0 radical (unpaired) electrons. The monoisotopic (exact) mass is 207 g/mol. The van der Waals surface area contributed by atoms with Gasteiger partial charge in [0, 0.05) is 6.54 Å². The zero-order chi connectivity index (χ0) is 10.8. The zero-order valence-electron chi connectivity index (χ0n) is 9.46. The molecule has 0 fully saturated rings. The number of ether oxygens (including phenoxy) is 2. The summed E-state index contributed by atoms with van der Waals surface area (Å²) >= 11 is 0. The second-order valence-electron chi connectivity index (χ2n) is 4.09. The van der Waals surface area contributed by atoms with Crippen LogP contribution in [0.4, 0.5) is 0 Å². The highest BCUT2D eigenvalue weighted by molar-refractivity contribution is 5.49. The van der Waals surface area contributed by atoms with Crippen molar-refractivity contribution < 1.29 is 9.47 Å². The molecule has 1 aromatic rings. The summed E-state index contributed by atoms with van der Waals surface area (Å²) < 4.78 is 10.7. The molecule has 0 saturated heterocycles. The maximum atomic E-state index is 5.38. The fourth-order valence-electron chi connectivity index (χ4n) is 1.88. The predicted molar refractivity (Wildman–Crippen MR) is 59.4 cm³/mol. The topological polar surface area (TPSA) is 30.5 Å². The van der Waals surface area contributed by atoms with Crippen molar-refractivity contribution in [2.75, 3.05) is 13.8 Å². The van der Waals surface area contributed by atoms with E-state index in [1.165, 1.54) is 11.1 Å². The van der Waals surface area contributed by atoms with Crippen LogP contribution in [0.3, 0.4) is 0 Å². The van der Waals surface area contributed by atoms with Crippen molar-refractivity contribution in [1.29, 1.82) is 0 Å². The zero-order valence-corrected chi connectivity index (χ0v) is 9.46. The molecule has 3 nitrogen and oxygen atoms in total. The summed E-state index contributed by atoms with van der Waals surface area (Å²) in [6, 6.07) is 4.17. The first-order valence-electron chi connectivity index (χ1n) is 5.29. The van der Waals surface area contributed by atoms with E-state index in [2.05, 4.69) is 31.3 Å². The van der Waals surface area contributed by atoms with Gasteiger partial charge in [-0.1, -0.05) is 13.8 Å². The van der Waals surface area contributed by atoms with E-state index in [4.69, 9.17) is 9.47 Å². The van der Waals surface area contributed by atoms with Gasteiger partial charge >= 0.3 is 0 Å². The van der Waals surface area contributed by atoms with Gasteiger partial charge in [0.15, 0.2) is 11.5 Å². The summed E-state index contributed by atoms with van der Waals surface area (Å²) in [6.45, 7) is 5.59.